The number of nitrogens with two attached hydrogens (primary N) is 1. The number of hydrogen-bond donors (Lipinski definition) is 2. The summed E-state index contributed by atoms with van der Waals surface area (Å²) < 4.78 is 0. The van der Waals surface area contributed by atoms with E-state index in [1.54, 1.807) is 0 Å². The minimum absolute atomic E-state index is 0.115. The predicted octanol–water partition coefficient (Wildman–Crippen LogP) is 2.44. The number of carbonyl (C=O) groups excluding carboxylic acids is 1. The van der Waals surface area contributed by atoms with Crippen molar-refractivity contribution in [3.8, 4) is 0 Å². The van der Waals surface area contributed by atoms with Gasteiger partial charge in [-0.05, 0) is 31.1 Å². The Kier molecular flexibility index (Phi) is 4.99. The molecule has 0 aromatic rings. The smallest absolute Gasteiger partial charge is 0.220 e. The molecule has 100 valence electrons. The molecule has 1 rings (SSSR count). The highest BCUT2D eigenvalue weighted by atomic mass is 16.1. The van der Waals surface area contributed by atoms with Crippen LogP contribution in [-0.2, 0) is 4.79 Å². The highest BCUT2D eigenvalue weighted by Gasteiger charge is 2.26. The van der Waals surface area contributed by atoms with Gasteiger partial charge in [-0.3, -0.25) is 4.79 Å². The molecule has 3 nitrogen and oxygen atoms in total. The zero-order valence-electron chi connectivity index (χ0n) is 11.8. The summed E-state index contributed by atoms with van der Waals surface area (Å²) in [5.74, 6) is 0.547. The van der Waals surface area contributed by atoms with E-state index < -0.39 is 0 Å². The van der Waals surface area contributed by atoms with Gasteiger partial charge in [0.2, 0.25) is 5.91 Å². The third-order valence-corrected chi connectivity index (χ3v) is 4.09. The fourth-order valence-corrected chi connectivity index (χ4v) is 2.24. The van der Waals surface area contributed by atoms with E-state index in [1.165, 1.54) is 12.8 Å². The van der Waals surface area contributed by atoms with Crippen molar-refractivity contribution < 1.29 is 4.79 Å². The number of amides is 1. The highest BCUT2D eigenvalue weighted by molar-refractivity contribution is 5.76. The summed E-state index contributed by atoms with van der Waals surface area (Å²) in [6.45, 7) is 8.50. The Hall–Kier alpha value is -0.570. The maximum absolute atomic E-state index is 11.9. The summed E-state index contributed by atoms with van der Waals surface area (Å²) in [4.78, 5) is 11.9. The minimum Gasteiger partial charge on any atom is -0.353 e. The van der Waals surface area contributed by atoms with Gasteiger partial charge >= 0.3 is 0 Å². The molecule has 0 aromatic heterocycles. The summed E-state index contributed by atoms with van der Waals surface area (Å²) in [7, 11) is 0. The van der Waals surface area contributed by atoms with E-state index >= 15 is 0 Å². The molecule has 1 aliphatic rings. The molecule has 0 aromatic carbocycles. The number of hydrogen-bond acceptors (Lipinski definition) is 2. The predicted molar refractivity (Wildman–Crippen MR) is 71.6 cm³/mol. The van der Waals surface area contributed by atoms with Gasteiger partial charge in [0.1, 0.15) is 0 Å². The van der Waals surface area contributed by atoms with Gasteiger partial charge in [-0.25, -0.2) is 0 Å². The van der Waals surface area contributed by atoms with Crippen molar-refractivity contribution in [3.05, 3.63) is 0 Å². The molecule has 0 spiro atoms. The molecule has 3 heteroatoms. The SMILES string of the molecule is CC(NC(=O)CC1CCCCC1N)C(C)(C)C. The van der Waals surface area contributed by atoms with Crippen LogP contribution in [0.15, 0.2) is 0 Å². The Bertz CT molecular complexity index is 257. The third-order valence-electron chi connectivity index (χ3n) is 4.09. The summed E-state index contributed by atoms with van der Waals surface area (Å²) in [5, 5.41) is 3.09. The second kappa shape index (κ2) is 5.85. The molecule has 3 unspecified atom stereocenters. The van der Waals surface area contributed by atoms with Crippen LogP contribution in [0.4, 0.5) is 0 Å². The Labute approximate surface area is 106 Å². The molecule has 3 N–H and O–H groups in total. The molecule has 1 fully saturated rings. The summed E-state index contributed by atoms with van der Waals surface area (Å²) >= 11 is 0. The van der Waals surface area contributed by atoms with Crippen molar-refractivity contribution in [1.82, 2.24) is 5.32 Å². The Morgan fingerprint density at radius 1 is 1.35 bits per heavy atom. The van der Waals surface area contributed by atoms with Gasteiger partial charge in [-0.2, -0.15) is 0 Å². The molecule has 0 radical (unpaired) electrons. The van der Waals surface area contributed by atoms with Gasteiger partial charge in [0.15, 0.2) is 0 Å². The quantitative estimate of drug-likeness (QED) is 0.796. The van der Waals surface area contributed by atoms with E-state index in [4.69, 9.17) is 5.73 Å². The lowest BCUT2D eigenvalue weighted by atomic mass is 9.82. The third kappa shape index (κ3) is 4.66. The lowest BCUT2D eigenvalue weighted by Gasteiger charge is -2.31. The average molecular weight is 240 g/mol. The van der Waals surface area contributed by atoms with Crippen molar-refractivity contribution in [2.75, 3.05) is 0 Å². The summed E-state index contributed by atoms with van der Waals surface area (Å²) in [6, 6.07) is 0.425. The lowest BCUT2D eigenvalue weighted by Crippen LogP contribution is -2.44. The maximum Gasteiger partial charge on any atom is 0.220 e. The fourth-order valence-electron chi connectivity index (χ4n) is 2.24. The molecule has 1 amide bonds. The maximum atomic E-state index is 11.9. The van der Waals surface area contributed by atoms with Gasteiger partial charge in [0.05, 0.1) is 0 Å². The molecule has 3 atom stereocenters. The average Bonchev–Trinajstić information content (AvgIpc) is 2.20. The number of rotatable bonds is 3. The van der Waals surface area contributed by atoms with E-state index in [9.17, 15) is 4.79 Å². The largest absolute Gasteiger partial charge is 0.353 e. The molecule has 1 aliphatic carbocycles. The molecular weight excluding hydrogens is 212 g/mol. The van der Waals surface area contributed by atoms with E-state index in [1.807, 2.05) is 0 Å². The molecular formula is C14H28N2O. The van der Waals surface area contributed by atoms with Crippen LogP contribution in [0.25, 0.3) is 0 Å². The molecule has 1 saturated carbocycles. The van der Waals surface area contributed by atoms with Crippen LogP contribution in [0.5, 0.6) is 0 Å². The highest BCUT2D eigenvalue weighted by Crippen LogP contribution is 2.26. The van der Waals surface area contributed by atoms with Crippen LogP contribution in [0, 0.1) is 11.3 Å². The molecule has 0 heterocycles. The summed E-state index contributed by atoms with van der Waals surface area (Å²) in [5.41, 5.74) is 6.18. The Morgan fingerprint density at radius 3 is 2.47 bits per heavy atom. The number of carbonyl (C=O) groups is 1. The van der Waals surface area contributed by atoms with Gasteiger partial charge in [0.25, 0.3) is 0 Å². The summed E-state index contributed by atoms with van der Waals surface area (Å²) in [6.07, 6.45) is 5.23. The molecule has 0 saturated heterocycles. The normalized spacial score (nSPS) is 27.6. The fraction of sp³-hybridized carbons (Fsp3) is 0.929. The van der Waals surface area contributed by atoms with E-state index in [-0.39, 0.29) is 23.4 Å². The van der Waals surface area contributed by atoms with Gasteiger partial charge in [-0.15, -0.1) is 0 Å². The first-order valence-corrected chi connectivity index (χ1v) is 6.85. The Morgan fingerprint density at radius 2 is 1.94 bits per heavy atom. The first-order valence-electron chi connectivity index (χ1n) is 6.85. The van der Waals surface area contributed by atoms with E-state index in [2.05, 4.69) is 33.0 Å². The van der Waals surface area contributed by atoms with Crippen LogP contribution in [0.3, 0.4) is 0 Å². The zero-order chi connectivity index (χ0) is 13.1. The van der Waals surface area contributed by atoms with Gasteiger partial charge in [0, 0.05) is 18.5 Å². The van der Waals surface area contributed by atoms with E-state index in [0.29, 0.717) is 12.3 Å². The zero-order valence-corrected chi connectivity index (χ0v) is 11.8. The standard InChI is InChI=1S/C14H28N2O/c1-10(14(2,3)4)16-13(17)9-11-7-5-6-8-12(11)15/h10-12H,5-9,15H2,1-4H3,(H,16,17). The second-order valence-electron chi connectivity index (χ2n) is 6.57. The molecule has 0 bridgehead atoms. The Balaban J connectivity index is 2.38. The van der Waals surface area contributed by atoms with Crippen molar-refractivity contribution in [1.29, 1.82) is 0 Å². The first-order chi connectivity index (χ1) is 7.80. The minimum atomic E-state index is 0.115. The van der Waals surface area contributed by atoms with Gasteiger partial charge in [-0.1, -0.05) is 33.6 Å². The van der Waals surface area contributed by atoms with Crippen LogP contribution in [0.1, 0.15) is 59.8 Å². The van der Waals surface area contributed by atoms with Crippen molar-refractivity contribution in [3.63, 3.8) is 0 Å². The molecule has 0 aliphatic heterocycles. The van der Waals surface area contributed by atoms with Crippen molar-refractivity contribution in [2.24, 2.45) is 17.1 Å². The molecule has 17 heavy (non-hydrogen) atoms. The van der Waals surface area contributed by atoms with Crippen molar-refractivity contribution in [2.45, 2.75) is 71.9 Å². The van der Waals surface area contributed by atoms with Crippen LogP contribution in [0.2, 0.25) is 0 Å². The van der Waals surface area contributed by atoms with Crippen LogP contribution in [-0.4, -0.2) is 18.0 Å². The van der Waals surface area contributed by atoms with Gasteiger partial charge < -0.3 is 11.1 Å². The van der Waals surface area contributed by atoms with E-state index in [0.717, 1.165) is 12.8 Å². The van der Waals surface area contributed by atoms with Crippen LogP contribution >= 0.6 is 0 Å². The topological polar surface area (TPSA) is 55.1 Å². The van der Waals surface area contributed by atoms with Crippen molar-refractivity contribution >= 4 is 5.91 Å². The number of nitrogens with one attached hydrogen (secondary N) is 1. The monoisotopic (exact) mass is 240 g/mol. The van der Waals surface area contributed by atoms with Crippen LogP contribution < -0.4 is 11.1 Å². The lowest BCUT2D eigenvalue weighted by molar-refractivity contribution is -0.123. The first kappa shape index (κ1) is 14.5. The second-order valence-corrected chi connectivity index (χ2v) is 6.57.